The van der Waals surface area contributed by atoms with Crippen molar-refractivity contribution in [2.75, 3.05) is 25.9 Å². The van der Waals surface area contributed by atoms with Crippen LogP contribution in [0.3, 0.4) is 0 Å². The third-order valence-electron chi connectivity index (χ3n) is 3.20. The number of hydrogen-bond acceptors (Lipinski definition) is 4. The number of hydrogen-bond donors (Lipinski definition) is 0. The fraction of sp³-hybridized carbons (Fsp3) is 0.533. The summed E-state index contributed by atoms with van der Waals surface area (Å²) in [5, 5.41) is 9.73. The van der Waals surface area contributed by atoms with Crippen LogP contribution in [0, 0.1) is 17.2 Å². The molecule has 0 N–H and O–H groups in total. The van der Waals surface area contributed by atoms with Gasteiger partial charge in [0.2, 0.25) is 0 Å². The summed E-state index contributed by atoms with van der Waals surface area (Å²) in [4.78, 5) is 0. The third kappa shape index (κ3) is 3.34. The number of nitrogens with zero attached hydrogens (tertiary/aromatic N) is 1. The monoisotopic (exact) mass is 313 g/mol. The molecular formula is C15H20ClNO2S. The van der Waals surface area contributed by atoms with Crippen molar-refractivity contribution in [3.8, 4) is 17.6 Å². The van der Waals surface area contributed by atoms with Gasteiger partial charge in [-0.15, -0.1) is 23.4 Å². The molecule has 1 atom stereocenters. The molecule has 0 aliphatic carbocycles. The van der Waals surface area contributed by atoms with Crippen molar-refractivity contribution in [3.63, 3.8) is 0 Å². The number of methoxy groups -OCH3 is 2. The van der Waals surface area contributed by atoms with Crippen LogP contribution in [0.4, 0.5) is 0 Å². The van der Waals surface area contributed by atoms with Gasteiger partial charge in [0.1, 0.15) is 4.75 Å². The van der Waals surface area contributed by atoms with E-state index in [1.165, 1.54) is 0 Å². The van der Waals surface area contributed by atoms with Crippen LogP contribution in [0.25, 0.3) is 0 Å². The summed E-state index contributed by atoms with van der Waals surface area (Å²) in [6.45, 7) is 4.09. The van der Waals surface area contributed by atoms with Crippen molar-refractivity contribution in [2.24, 2.45) is 5.92 Å². The first-order valence-electron chi connectivity index (χ1n) is 6.39. The lowest BCUT2D eigenvalue weighted by Gasteiger charge is -2.31. The highest BCUT2D eigenvalue weighted by Gasteiger charge is 2.37. The van der Waals surface area contributed by atoms with Crippen LogP contribution < -0.4 is 9.47 Å². The standard InChI is InChI=1S/C15H20ClNO2S/c1-11(2)15(10-17,20-8-7-16)12-5-6-13(18-3)14(9-12)19-4/h5-6,9,11H,7-8H2,1-4H3. The third-order valence-corrected chi connectivity index (χ3v) is 5.27. The maximum atomic E-state index is 9.73. The summed E-state index contributed by atoms with van der Waals surface area (Å²) in [5.74, 6) is 2.69. The van der Waals surface area contributed by atoms with E-state index < -0.39 is 4.75 Å². The minimum Gasteiger partial charge on any atom is -0.493 e. The largest absolute Gasteiger partial charge is 0.493 e. The van der Waals surface area contributed by atoms with Crippen molar-refractivity contribution in [1.82, 2.24) is 0 Å². The van der Waals surface area contributed by atoms with Gasteiger partial charge in [-0.2, -0.15) is 5.26 Å². The predicted molar refractivity (Wildman–Crippen MR) is 84.9 cm³/mol. The summed E-state index contributed by atoms with van der Waals surface area (Å²) in [6, 6.07) is 8.10. The first kappa shape index (κ1) is 17.0. The van der Waals surface area contributed by atoms with Crippen LogP contribution in [-0.2, 0) is 4.75 Å². The average Bonchev–Trinajstić information content (AvgIpc) is 2.47. The van der Waals surface area contributed by atoms with Gasteiger partial charge in [-0.1, -0.05) is 19.9 Å². The van der Waals surface area contributed by atoms with Gasteiger partial charge < -0.3 is 9.47 Å². The van der Waals surface area contributed by atoms with Crippen LogP contribution in [0.1, 0.15) is 19.4 Å². The first-order chi connectivity index (χ1) is 9.55. The minimum absolute atomic E-state index is 0.152. The predicted octanol–water partition coefficient (Wildman–Crippen LogP) is 4.05. The molecule has 20 heavy (non-hydrogen) atoms. The molecule has 0 fully saturated rings. The number of nitriles is 1. The molecule has 1 aromatic carbocycles. The van der Waals surface area contributed by atoms with Gasteiger partial charge in [-0.05, 0) is 23.6 Å². The van der Waals surface area contributed by atoms with Gasteiger partial charge in [0, 0.05) is 11.6 Å². The molecule has 0 saturated heterocycles. The van der Waals surface area contributed by atoms with Gasteiger partial charge in [-0.3, -0.25) is 0 Å². The number of alkyl halides is 1. The van der Waals surface area contributed by atoms with Crippen molar-refractivity contribution >= 4 is 23.4 Å². The normalized spacial score (nSPS) is 13.7. The molecule has 1 unspecified atom stereocenters. The Labute approximate surface area is 130 Å². The molecule has 1 aromatic rings. The second-order valence-corrected chi connectivity index (χ2v) is 6.33. The van der Waals surface area contributed by atoms with E-state index in [4.69, 9.17) is 21.1 Å². The molecule has 0 aromatic heterocycles. The van der Waals surface area contributed by atoms with Crippen LogP contribution in [0.15, 0.2) is 18.2 Å². The highest BCUT2D eigenvalue weighted by Crippen LogP contribution is 2.45. The lowest BCUT2D eigenvalue weighted by atomic mass is 9.88. The Morgan fingerprint density at radius 2 is 1.95 bits per heavy atom. The maximum Gasteiger partial charge on any atom is 0.161 e. The van der Waals surface area contributed by atoms with Crippen LogP contribution >= 0.6 is 23.4 Å². The fourth-order valence-corrected chi connectivity index (χ4v) is 3.40. The number of halogens is 1. The van der Waals surface area contributed by atoms with E-state index in [0.717, 1.165) is 11.3 Å². The Hall–Kier alpha value is -1.05. The van der Waals surface area contributed by atoms with Gasteiger partial charge in [0.25, 0.3) is 0 Å². The summed E-state index contributed by atoms with van der Waals surface area (Å²) in [6.07, 6.45) is 0. The summed E-state index contributed by atoms with van der Waals surface area (Å²) in [5.41, 5.74) is 0.919. The smallest absolute Gasteiger partial charge is 0.161 e. The Balaban J connectivity index is 3.31. The van der Waals surface area contributed by atoms with E-state index >= 15 is 0 Å². The molecule has 0 radical (unpaired) electrons. The van der Waals surface area contributed by atoms with Crippen molar-refractivity contribution in [3.05, 3.63) is 23.8 Å². The van der Waals surface area contributed by atoms with Crippen LogP contribution in [-0.4, -0.2) is 25.9 Å². The minimum atomic E-state index is -0.631. The summed E-state index contributed by atoms with van der Waals surface area (Å²) < 4.78 is 9.94. The number of ether oxygens (including phenoxy) is 2. The Bertz CT molecular complexity index is 487. The van der Waals surface area contributed by atoms with Crippen molar-refractivity contribution < 1.29 is 9.47 Å². The van der Waals surface area contributed by atoms with Gasteiger partial charge in [-0.25, -0.2) is 0 Å². The fourth-order valence-electron chi connectivity index (χ4n) is 2.08. The topological polar surface area (TPSA) is 42.2 Å². The molecule has 0 aliphatic rings. The molecule has 1 rings (SSSR count). The highest BCUT2D eigenvalue weighted by molar-refractivity contribution is 8.00. The maximum absolute atomic E-state index is 9.73. The average molecular weight is 314 g/mol. The van der Waals surface area contributed by atoms with Gasteiger partial charge in [0.15, 0.2) is 11.5 Å². The lowest BCUT2D eigenvalue weighted by Crippen LogP contribution is -2.27. The Morgan fingerprint density at radius 1 is 1.30 bits per heavy atom. The summed E-state index contributed by atoms with van der Waals surface area (Å²) in [7, 11) is 3.19. The second-order valence-electron chi connectivity index (χ2n) is 4.61. The van der Waals surface area contributed by atoms with Crippen molar-refractivity contribution in [1.29, 1.82) is 5.26 Å². The van der Waals surface area contributed by atoms with E-state index in [1.807, 2.05) is 32.0 Å². The lowest BCUT2D eigenvalue weighted by molar-refractivity contribution is 0.354. The van der Waals surface area contributed by atoms with E-state index in [-0.39, 0.29) is 5.92 Å². The molecule has 0 bridgehead atoms. The molecule has 5 heteroatoms. The molecule has 3 nitrogen and oxygen atoms in total. The zero-order valence-corrected chi connectivity index (χ0v) is 13.8. The highest BCUT2D eigenvalue weighted by atomic mass is 35.5. The Kier molecular flexibility index (Phi) is 6.51. The molecular weight excluding hydrogens is 294 g/mol. The van der Waals surface area contributed by atoms with E-state index in [2.05, 4.69) is 6.07 Å². The first-order valence-corrected chi connectivity index (χ1v) is 7.91. The number of rotatable bonds is 7. The van der Waals surface area contributed by atoms with E-state index in [9.17, 15) is 5.26 Å². The number of thioether (sulfide) groups is 1. The zero-order valence-electron chi connectivity index (χ0n) is 12.3. The van der Waals surface area contributed by atoms with Gasteiger partial charge in [0.05, 0.1) is 20.3 Å². The quantitative estimate of drug-likeness (QED) is 0.712. The molecule has 0 saturated carbocycles. The van der Waals surface area contributed by atoms with Crippen LogP contribution in [0.2, 0.25) is 0 Å². The van der Waals surface area contributed by atoms with Crippen LogP contribution in [0.5, 0.6) is 11.5 Å². The second kappa shape index (κ2) is 7.66. The van der Waals surface area contributed by atoms with E-state index in [1.54, 1.807) is 26.0 Å². The SMILES string of the molecule is COc1ccc(C(C#N)(SCCCl)C(C)C)cc1OC. The number of benzene rings is 1. The summed E-state index contributed by atoms with van der Waals surface area (Å²) >= 11 is 7.36. The Morgan fingerprint density at radius 3 is 2.40 bits per heavy atom. The van der Waals surface area contributed by atoms with Crippen molar-refractivity contribution in [2.45, 2.75) is 18.6 Å². The zero-order chi connectivity index (χ0) is 15.2. The molecule has 0 aliphatic heterocycles. The van der Waals surface area contributed by atoms with E-state index in [0.29, 0.717) is 17.4 Å². The van der Waals surface area contributed by atoms with Gasteiger partial charge >= 0.3 is 0 Å². The molecule has 0 spiro atoms. The molecule has 0 amide bonds. The molecule has 0 heterocycles. The molecule has 110 valence electrons.